The van der Waals surface area contributed by atoms with Crippen molar-refractivity contribution in [3.63, 3.8) is 0 Å². The first-order valence-corrected chi connectivity index (χ1v) is 17.0. The van der Waals surface area contributed by atoms with Gasteiger partial charge in [-0.15, -0.1) is 0 Å². The molecular weight excluding hydrogens is 681 g/mol. The van der Waals surface area contributed by atoms with Crippen LogP contribution in [0, 0.1) is 17.3 Å². The van der Waals surface area contributed by atoms with Gasteiger partial charge in [-0.3, -0.25) is 9.80 Å². The number of hydrogen-bond donors (Lipinski definition) is 2. The lowest BCUT2D eigenvalue weighted by molar-refractivity contribution is 0.0206. The Morgan fingerprint density at radius 2 is 1.49 bits per heavy atom. The van der Waals surface area contributed by atoms with Crippen LogP contribution >= 0.6 is 27.0 Å². The lowest BCUT2D eigenvalue weighted by Crippen LogP contribution is -2.37. The van der Waals surface area contributed by atoms with Gasteiger partial charge in [0.15, 0.2) is 0 Å². The van der Waals surface area contributed by atoms with Crippen LogP contribution in [0.25, 0.3) is 22.3 Å². The molecule has 2 atom stereocenters. The Labute approximate surface area is 313 Å². The fourth-order valence-electron chi connectivity index (χ4n) is 6.70. The van der Waals surface area contributed by atoms with E-state index in [0.29, 0.717) is 25.3 Å². The molecule has 2 aromatic heterocycles. The number of likely N-dealkylation sites (tertiary alicyclic amines) is 2. The molecule has 1 aliphatic carbocycles. The van der Waals surface area contributed by atoms with Gasteiger partial charge >= 0.3 is 12.2 Å². The predicted octanol–water partition coefficient (Wildman–Crippen LogP) is 8.28. The summed E-state index contributed by atoms with van der Waals surface area (Å²) in [6.07, 6.45) is 4.96. The van der Waals surface area contributed by atoms with Gasteiger partial charge in [-0.2, -0.15) is 27.0 Å². The lowest BCUT2D eigenvalue weighted by atomic mass is 10.0. The zero-order valence-corrected chi connectivity index (χ0v) is 32.1. The zero-order chi connectivity index (χ0) is 34.7. The molecule has 1 spiro atoms. The van der Waals surface area contributed by atoms with Gasteiger partial charge in [-0.1, -0.05) is 36.1 Å². The second kappa shape index (κ2) is 14.0. The number of ether oxygens (including phenoxy) is 2. The fraction of sp³-hybridized carbons (Fsp3) is 0.436. The normalized spacial score (nSPS) is 19.3. The summed E-state index contributed by atoms with van der Waals surface area (Å²) in [6, 6.07) is 13.6. The molecule has 3 fully saturated rings. The number of amides is 2. The molecule has 4 aromatic rings. The van der Waals surface area contributed by atoms with Crippen LogP contribution in [-0.4, -0.2) is 66.2 Å². The third kappa shape index (κ3) is 8.42. The summed E-state index contributed by atoms with van der Waals surface area (Å²) in [5.74, 6) is 8.06. The number of aromatic nitrogens is 4. The maximum atomic E-state index is 13.1. The lowest BCUT2D eigenvalue weighted by Gasteiger charge is -2.27. The van der Waals surface area contributed by atoms with Crippen molar-refractivity contribution >= 4 is 50.2 Å². The number of fused-ring (bicyclic) bond motifs is 1. The Bertz CT molecular complexity index is 2010. The van der Waals surface area contributed by atoms with E-state index >= 15 is 0 Å². The van der Waals surface area contributed by atoms with E-state index in [4.69, 9.17) is 14.5 Å². The first kappa shape index (κ1) is 37.9. The molecule has 0 bridgehead atoms. The highest BCUT2D eigenvalue weighted by atomic mass is 32.1. The summed E-state index contributed by atoms with van der Waals surface area (Å²) in [6.45, 7) is 16.5. The van der Waals surface area contributed by atoms with Gasteiger partial charge in [0.25, 0.3) is 0 Å². The molecule has 2 aliphatic heterocycles. The van der Waals surface area contributed by atoms with E-state index in [1.165, 1.54) is 0 Å². The molecular formula is C39H48N6O4S2. The van der Waals surface area contributed by atoms with Crippen LogP contribution < -0.4 is 0 Å². The summed E-state index contributed by atoms with van der Waals surface area (Å²) in [5, 5.41) is 0. The Hall–Kier alpha value is -4.34. The number of carbonyl (C=O) groups excluding carboxylic acids is 2. The monoisotopic (exact) mass is 728 g/mol. The molecule has 0 unspecified atom stereocenters. The topological polar surface area (TPSA) is 116 Å². The number of benzene rings is 2. The van der Waals surface area contributed by atoms with E-state index in [1.807, 2.05) is 88.9 Å². The minimum atomic E-state index is -0.582. The SMILES string of the molecule is C=C1C[C@@H](c2ncc(-c3ccc(C#Cc4ccc5nc([C@@H]6CC7(CC7)CN6C(=O)OC(C)(C)C)[nH]c5c4)cc3)[nH]2)N(C(=O)OC(C)(C)C)C1.S.S. The van der Waals surface area contributed by atoms with Gasteiger partial charge in [0, 0.05) is 24.2 Å². The summed E-state index contributed by atoms with van der Waals surface area (Å²) in [7, 11) is 0. The number of rotatable bonds is 3. The van der Waals surface area contributed by atoms with Crippen molar-refractivity contribution in [3.05, 3.63) is 83.6 Å². The smallest absolute Gasteiger partial charge is 0.411 e. The van der Waals surface area contributed by atoms with E-state index in [9.17, 15) is 9.59 Å². The molecule has 270 valence electrons. The van der Waals surface area contributed by atoms with Crippen molar-refractivity contribution in [1.29, 1.82) is 0 Å². The van der Waals surface area contributed by atoms with Crippen molar-refractivity contribution < 1.29 is 19.1 Å². The van der Waals surface area contributed by atoms with Crippen molar-refractivity contribution in [3.8, 4) is 23.1 Å². The van der Waals surface area contributed by atoms with E-state index in [2.05, 4.69) is 33.4 Å². The Kier molecular flexibility index (Phi) is 10.4. The van der Waals surface area contributed by atoms with Gasteiger partial charge < -0.3 is 19.4 Å². The van der Waals surface area contributed by atoms with E-state index in [-0.39, 0.29) is 56.7 Å². The van der Waals surface area contributed by atoms with E-state index in [0.717, 1.165) is 64.1 Å². The van der Waals surface area contributed by atoms with Crippen molar-refractivity contribution in [1.82, 2.24) is 29.7 Å². The third-order valence-corrected chi connectivity index (χ3v) is 9.25. The second-order valence-corrected chi connectivity index (χ2v) is 15.8. The summed E-state index contributed by atoms with van der Waals surface area (Å²) < 4.78 is 11.4. The van der Waals surface area contributed by atoms with Crippen molar-refractivity contribution in [2.45, 2.75) is 90.5 Å². The Morgan fingerprint density at radius 1 is 0.863 bits per heavy atom. The highest BCUT2D eigenvalue weighted by Gasteiger charge is 2.55. The molecule has 2 amide bonds. The van der Waals surface area contributed by atoms with E-state index in [1.54, 1.807) is 11.1 Å². The minimum Gasteiger partial charge on any atom is -0.444 e. The third-order valence-electron chi connectivity index (χ3n) is 9.25. The average Bonchev–Trinajstić information content (AvgIpc) is 3.45. The van der Waals surface area contributed by atoms with Crippen LogP contribution in [0.2, 0.25) is 0 Å². The number of nitrogens with zero attached hydrogens (tertiary/aromatic N) is 4. The molecule has 0 radical (unpaired) electrons. The van der Waals surface area contributed by atoms with E-state index < -0.39 is 11.2 Å². The number of aromatic amines is 2. The standard InChI is InChI=1S/C39H44N6O4.2H2S/c1-24-18-31(44(22-24)35(46)48-37(2,3)4)33-40-21-30(43-33)27-13-10-25(11-14-27)8-9-26-12-15-28-29(19-26)42-34(41-28)32-20-39(16-17-39)23-45(32)36(47)49-38(5,6)7;;/h10-15,19,21,31-32H,1,16-18,20,22-23H2,2-7H3,(H,40,43)(H,41,42);2*1H2/t31-,32-;;/m0../s1. The van der Waals surface area contributed by atoms with Gasteiger partial charge in [0.2, 0.25) is 0 Å². The molecule has 7 rings (SSSR count). The first-order chi connectivity index (χ1) is 23.1. The number of nitrogens with one attached hydrogen (secondary N) is 2. The van der Waals surface area contributed by atoms with Gasteiger partial charge in [0.1, 0.15) is 22.9 Å². The molecule has 12 heteroatoms. The maximum absolute atomic E-state index is 13.1. The highest BCUT2D eigenvalue weighted by molar-refractivity contribution is 7.59. The van der Waals surface area contributed by atoms with Crippen LogP contribution in [0.4, 0.5) is 9.59 Å². The van der Waals surface area contributed by atoms with Crippen LogP contribution in [-0.2, 0) is 9.47 Å². The molecule has 1 saturated carbocycles. The zero-order valence-electron chi connectivity index (χ0n) is 30.1. The van der Waals surface area contributed by atoms with Gasteiger partial charge in [0.05, 0.1) is 35.0 Å². The number of H-pyrrole nitrogens is 2. The Morgan fingerprint density at radius 3 is 2.14 bits per heavy atom. The molecule has 51 heavy (non-hydrogen) atoms. The fourth-order valence-corrected chi connectivity index (χ4v) is 6.70. The summed E-state index contributed by atoms with van der Waals surface area (Å²) in [5.41, 5.74) is 5.34. The van der Waals surface area contributed by atoms with Crippen LogP contribution in [0.5, 0.6) is 0 Å². The second-order valence-electron chi connectivity index (χ2n) is 15.8. The average molecular weight is 729 g/mol. The van der Waals surface area contributed by atoms with Crippen LogP contribution in [0.1, 0.15) is 102 Å². The molecule has 4 heterocycles. The molecule has 3 aliphatic rings. The number of imidazole rings is 2. The van der Waals surface area contributed by atoms with Crippen molar-refractivity contribution in [2.75, 3.05) is 13.1 Å². The highest BCUT2D eigenvalue weighted by Crippen LogP contribution is 2.58. The number of carbonyl (C=O) groups is 2. The van der Waals surface area contributed by atoms with Crippen LogP contribution in [0.15, 0.2) is 60.8 Å². The largest absolute Gasteiger partial charge is 0.444 e. The molecule has 10 nitrogen and oxygen atoms in total. The molecule has 2 aromatic carbocycles. The number of hydrogen-bond acceptors (Lipinski definition) is 6. The van der Waals surface area contributed by atoms with Crippen LogP contribution in [0.3, 0.4) is 0 Å². The Balaban J connectivity index is 0.00000252. The van der Waals surface area contributed by atoms with Gasteiger partial charge in [-0.05, 0) is 109 Å². The molecule has 2 N–H and O–H groups in total. The van der Waals surface area contributed by atoms with Crippen molar-refractivity contribution in [2.24, 2.45) is 5.41 Å². The maximum Gasteiger partial charge on any atom is 0.411 e. The summed E-state index contributed by atoms with van der Waals surface area (Å²) in [4.78, 5) is 45.9. The molecule has 2 saturated heterocycles. The summed E-state index contributed by atoms with van der Waals surface area (Å²) >= 11 is 0. The minimum absolute atomic E-state index is 0. The quantitative estimate of drug-likeness (QED) is 0.162. The predicted molar refractivity (Wildman–Crippen MR) is 208 cm³/mol. The first-order valence-electron chi connectivity index (χ1n) is 17.0. The van der Waals surface area contributed by atoms with Gasteiger partial charge in [-0.25, -0.2) is 19.6 Å².